The van der Waals surface area contributed by atoms with Crippen LogP contribution in [0, 0.1) is 5.92 Å². The van der Waals surface area contributed by atoms with Crippen molar-refractivity contribution in [1.82, 2.24) is 9.97 Å². The summed E-state index contributed by atoms with van der Waals surface area (Å²) in [6.07, 6.45) is 0.801. The Bertz CT molecular complexity index is 322. The van der Waals surface area contributed by atoms with Gasteiger partial charge in [-0.25, -0.2) is 9.97 Å². The quantitative estimate of drug-likeness (QED) is 0.795. The van der Waals surface area contributed by atoms with E-state index in [0.29, 0.717) is 17.8 Å². The number of rotatable bonds is 4. The summed E-state index contributed by atoms with van der Waals surface area (Å²) < 4.78 is 0. The summed E-state index contributed by atoms with van der Waals surface area (Å²) in [5.41, 5.74) is 5.70. The molecule has 0 bridgehead atoms. The van der Waals surface area contributed by atoms with E-state index in [4.69, 9.17) is 5.73 Å². The molecular formula is C11H20N4. The second kappa shape index (κ2) is 4.96. The van der Waals surface area contributed by atoms with Crippen LogP contribution in [0.4, 0.5) is 11.6 Å². The molecule has 1 atom stereocenters. The Morgan fingerprint density at radius 2 is 2.00 bits per heavy atom. The van der Waals surface area contributed by atoms with Gasteiger partial charge in [-0.3, -0.25) is 0 Å². The molecule has 0 aliphatic heterocycles. The first-order valence-corrected chi connectivity index (χ1v) is 5.43. The Morgan fingerprint density at radius 1 is 1.33 bits per heavy atom. The molecule has 0 fully saturated rings. The molecule has 3 N–H and O–H groups in total. The van der Waals surface area contributed by atoms with Crippen molar-refractivity contribution in [3.05, 3.63) is 11.9 Å². The second-order valence-electron chi connectivity index (χ2n) is 4.12. The van der Waals surface area contributed by atoms with Gasteiger partial charge < -0.3 is 11.1 Å². The lowest BCUT2D eigenvalue weighted by molar-refractivity contribution is 0.558. The molecule has 84 valence electrons. The number of nitrogens with two attached hydrogens (primary N) is 1. The van der Waals surface area contributed by atoms with Crippen molar-refractivity contribution >= 4 is 11.6 Å². The van der Waals surface area contributed by atoms with E-state index in [2.05, 4.69) is 36.1 Å². The molecule has 0 radical (unpaired) electrons. The fourth-order valence-electron chi connectivity index (χ4n) is 1.15. The van der Waals surface area contributed by atoms with Gasteiger partial charge in [0.1, 0.15) is 17.5 Å². The second-order valence-corrected chi connectivity index (χ2v) is 4.12. The van der Waals surface area contributed by atoms with Crippen molar-refractivity contribution < 1.29 is 0 Å². The molecule has 0 saturated heterocycles. The highest BCUT2D eigenvalue weighted by Crippen LogP contribution is 2.12. The number of nitrogens with zero attached hydrogens (tertiary/aromatic N) is 2. The molecule has 1 aromatic heterocycles. The predicted octanol–water partition coefficient (Wildman–Crippen LogP) is 2.08. The monoisotopic (exact) mass is 208 g/mol. The summed E-state index contributed by atoms with van der Waals surface area (Å²) in [5, 5.41) is 3.33. The lowest BCUT2D eigenvalue weighted by Gasteiger charge is -2.18. The van der Waals surface area contributed by atoms with Gasteiger partial charge in [0, 0.05) is 18.5 Å². The fraction of sp³-hybridized carbons (Fsp3) is 0.636. The third kappa shape index (κ3) is 3.38. The normalized spacial score (nSPS) is 12.9. The molecule has 0 spiro atoms. The van der Waals surface area contributed by atoms with E-state index < -0.39 is 0 Å². The van der Waals surface area contributed by atoms with Gasteiger partial charge in [-0.05, 0) is 12.8 Å². The average molecular weight is 208 g/mol. The SMILES string of the molecule is CCc1nc(N)cc(NC(C)C(C)C)n1. The molecule has 1 unspecified atom stereocenters. The molecule has 1 aromatic rings. The van der Waals surface area contributed by atoms with Crippen LogP contribution < -0.4 is 11.1 Å². The van der Waals surface area contributed by atoms with Crippen molar-refractivity contribution in [2.75, 3.05) is 11.1 Å². The molecular weight excluding hydrogens is 188 g/mol. The fourth-order valence-corrected chi connectivity index (χ4v) is 1.15. The number of hydrogen-bond acceptors (Lipinski definition) is 4. The van der Waals surface area contributed by atoms with Crippen LogP contribution in [0.3, 0.4) is 0 Å². The Hall–Kier alpha value is -1.32. The maximum atomic E-state index is 5.70. The largest absolute Gasteiger partial charge is 0.384 e. The summed E-state index contributed by atoms with van der Waals surface area (Å²) in [6, 6.07) is 2.15. The van der Waals surface area contributed by atoms with E-state index in [9.17, 15) is 0 Å². The van der Waals surface area contributed by atoms with Crippen LogP contribution in [0.5, 0.6) is 0 Å². The van der Waals surface area contributed by atoms with Gasteiger partial charge in [0.15, 0.2) is 0 Å². The van der Waals surface area contributed by atoms with Gasteiger partial charge in [0.25, 0.3) is 0 Å². The van der Waals surface area contributed by atoms with Gasteiger partial charge in [-0.2, -0.15) is 0 Å². The van der Waals surface area contributed by atoms with Crippen molar-refractivity contribution in [3.63, 3.8) is 0 Å². The van der Waals surface area contributed by atoms with Crippen LogP contribution in [0.1, 0.15) is 33.5 Å². The van der Waals surface area contributed by atoms with E-state index in [0.717, 1.165) is 18.1 Å². The van der Waals surface area contributed by atoms with Crippen LogP contribution in [0.2, 0.25) is 0 Å². The molecule has 0 aromatic carbocycles. The molecule has 0 aliphatic carbocycles. The van der Waals surface area contributed by atoms with Crippen LogP contribution in [0.15, 0.2) is 6.07 Å². The number of anilines is 2. The summed E-state index contributed by atoms with van der Waals surface area (Å²) in [4.78, 5) is 8.50. The average Bonchev–Trinajstić information content (AvgIpc) is 2.16. The number of hydrogen-bond donors (Lipinski definition) is 2. The lowest BCUT2D eigenvalue weighted by atomic mass is 10.1. The van der Waals surface area contributed by atoms with Crippen LogP contribution in [-0.4, -0.2) is 16.0 Å². The van der Waals surface area contributed by atoms with Crippen molar-refractivity contribution in [1.29, 1.82) is 0 Å². The van der Waals surface area contributed by atoms with E-state index in [1.165, 1.54) is 0 Å². The molecule has 15 heavy (non-hydrogen) atoms. The zero-order valence-corrected chi connectivity index (χ0v) is 9.91. The summed E-state index contributed by atoms with van der Waals surface area (Å²) in [6.45, 7) is 8.49. The summed E-state index contributed by atoms with van der Waals surface area (Å²) in [5.74, 6) is 2.69. The minimum Gasteiger partial charge on any atom is -0.384 e. The standard InChI is InChI=1S/C11H20N4/c1-5-10-14-9(12)6-11(15-10)13-8(4)7(2)3/h6-8H,5H2,1-4H3,(H3,12,13,14,15). The number of nitrogen functional groups attached to an aromatic ring is 1. The smallest absolute Gasteiger partial charge is 0.132 e. The molecule has 4 heteroatoms. The Kier molecular flexibility index (Phi) is 3.88. The molecule has 1 heterocycles. The molecule has 0 aliphatic rings. The van der Waals surface area contributed by atoms with Crippen LogP contribution >= 0.6 is 0 Å². The van der Waals surface area contributed by atoms with Gasteiger partial charge in [0.05, 0.1) is 0 Å². The highest BCUT2D eigenvalue weighted by Gasteiger charge is 2.08. The summed E-state index contributed by atoms with van der Waals surface area (Å²) >= 11 is 0. The maximum Gasteiger partial charge on any atom is 0.132 e. The number of aromatic nitrogens is 2. The van der Waals surface area contributed by atoms with Gasteiger partial charge in [-0.15, -0.1) is 0 Å². The van der Waals surface area contributed by atoms with Crippen molar-refractivity contribution in [3.8, 4) is 0 Å². The first-order chi connectivity index (χ1) is 7.02. The Morgan fingerprint density at radius 3 is 2.53 bits per heavy atom. The zero-order chi connectivity index (χ0) is 11.4. The first-order valence-electron chi connectivity index (χ1n) is 5.43. The van der Waals surface area contributed by atoms with Crippen molar-refractivity contribution in [2.45, 2.75) is 40.2 Å². The van der Waals surface area contributed by atoms with Gasteiger partial charge in [0.2, 0.25) is 0 Å². The molecule has 1 rings (SSSR count). The zero-order valence-electron chi connectivity index (χ0n) is 9.91. The minimum absolute atomic E-state index is 0.379. The highest BCUT2D eigenvalue weighted by atomic mass is 15.1. The minimum atomic E-state index is 0.379. The van der Waals surface area contributed by atoms with E-state index in [1.807, 2.05) is 6.92 Å². The molecule has 4 nitrogen and oxygen atoms in total. The molecule has 0 amide bonds. The third-order valence-electron chi connectivity index (χ3n) is 2.48. The third-order valence-corrected chi connectivity index (χ3v) is 2.48. The van der Waals surface area contributed by atoms with Crippen LogP contribution in [0.25, 0.3) is 0 Å². The maximum absolute atomic E-state index is 5.70. The lowest BCUT2D eigenvalue weighted by Crippen LogP contribution is -2.22. The molecule has 0 saturated carbocycles. The van der Waals surface area contributed by atoms with Gasteiger partial charge >= 0.3 is 0 Å². The van der Waals surface area contributed by atoms with E-state index in [1.54, 1.807) is 6.07 Å². The van der Waals surface area contributed by atoms with E-state index >= 15 is 0 Å². The van der Waals surface area contributed by atoms with Crippen LogP contribution in [-0.2, 0) is 6.42 Å². The number of aryl methyl sites for hydroxylation is 1. The van der Waals surface area contributed by atoms with E-state index in [-0.39, 0.29) is 0 Å². The Labute approximate surface area is 91.3 Å². The Balaban J connectivity index is 2.80. The van der Waals surface area contributed by atoms with Crippen molar-refractivity contribution in [2.24, 2.45) is 5.92 Å². The predicted molar refractivity (Wildman–Crippen MR) is 63.7 cm³/mol. The highest BCUT2D eigenvalue weighted by molar-refractivity contribution is 5.45. The topological polar surface area (TPSA) is 63.8 Å². The number of nitrogens with one attached hydrogen (secondary N) is 1. The van der Waals surface area contributed by atoms with Gasteiger partial charge in [-0.1, -0.05) is 20.8 Å². The summed E-state index contributed by atoms with van der Waals surface area (Å²) in [7, 11) is 0. The first kappa shape index (κ1) is 11.8.